The number of hydrogen-bond donors (Lipinski definition) is 0. The molecule has 0 saturated heterocycles. The van der Waals surface area contributed by atoms with Crippen LogP contribution < -0.4 is 0 Å². The standard InChI is InChI=1S/C58H34N4/c1-2-15-37-33-54-50(31-36(37)14-1)46-29-27-39(61-52-24-12-10-22-48(52)56-40-16-4-3-13-35(40)26-30-53(56)61)34-55(46)62(54)58-59-51-23-11-9-21-47(51)57(60-58)38-25-28-45-43-19-6-5-17-41(43)42-18-7-8-20-44(42)49(45)32-38/h1-34H. The van der Waals surface area contributed by atoms with E-state index in [4.69, 9.17) is 9.97 Å². The van der Waals surface area contributed by atoms with Crippen LogP contribution in [0.2, 0.25) is 0 Å². The fraction of sp³-hybridized carbons (Fsp3) is 0. The fourth-order valence-corrected chi connectivity index (χ4v) is 10.5. The van der Waals surface area contributed by atoms with E-state index in [1.54, 1.807) is 0 Å². The highest BCUT2D eigenvalue weighted by molar-refractivity contribution is 6.26. The highest BCUT2D eigenvalue weighted by Crippen LogP contribution is 2.42. The minimum absolute atomic E-state index is 0.641. The van der Waals surface area contributed by atoms with Gasteiger partial charge in [-0.15, -0.1) is 0 Å². The molecule has 0 fully saturated rings. The molecule has 4 nitrogen and oxygen atoms in total. The van der Waals surface area contributed by atoms with Crippen LogP contribution in [0.15, 0.2) is 206 Å². The third-order valence-corrected chi connectivity index (χ3v) is 13.2. The molecule has 11 aromatic carbocycles. The highest BCUT2D eigenvalue weighted by Gasteiger charge is 2.21. The maximum Gasteiger partial charge on any atom is 0.235 e. The van der Waals surface area contributed by atoms with Crippen molar-refractivity contribution >= 4 is 108 Å². The van der Waals surface area contributed by atoms with Crippen molar-refractivity contribution in [2.75, 3.05) is 0 Å². The molecule has 0 unspecified atom stereocenters. The molecule has 0 aliphatic heterocycles. The van der Waals surface area contributed by atoms with Crippen LogP contribution in [0.4, 0.5) is 0 Å². The summed E-state index contributed by atoms with van der Waals surface area (Å²) in [4.78, 5) is 11.0. The summed E-state index contributed by atoms with van der Waals surface area (Å²) >= 11 is 0. The second-order valence-electron chi connectivity index (χ2n) is 16.5. The quantitative estimate of drug-likeness (QED) is 0.167. The molecule has 0 atom stereocenters. The number of fused-ring (bicyclic) bond motifs is 16. The molecule has 286 valence electrons. The van der Waals surface area contributed by atoms with E-state index in [-0.39, 0.29) is 0 Å². The van der Waals surface area contributed by atoms with Crippen LogP contribution in [0.1, 0.15) is 0 Å². The van der Waals surface area contributed by atoms with Crippen LogP contribution in [0, 0.1) is 0 Å². The van der Waals surface area contributed by atoms with Gasteiger partial charge in [0.05, 0.1) is 33.3 Å². The largest absolute Gasteiger partial charge is 0.309 e. The minimum Gasteiger partial charge on any atom is -0.309 e. The van der Waals surface area contributed by atoms with Gasteiger partial charge in [-0.05, 0) is 102 Å². The monoisotopic (exact) mass is 786 g/mol. The van der Waals surface area contributed by atoms with Gasteiger partial charge in [0.1, 0.15) is 0 Å². The molecule has 4 heteroatoms. The molecule has 0 N–H and O–H groups in total. The summed E-state index contributed by atoms with van der Waals surface area (Å²) in [5.41, 5.74) is 8.43. The van der Waals surface area contributed by atoms with Crippen LogP contribution in [0.25, 0.3) is 131 Å². The zero-order valence-corrected chi connectivity index (χ0v) is 33.4. The van der Waals surface area contributed by atoms with E-state index in [2.05, 4.69) is 215 Å². The third kappa shape index (κ3) is 4.66. The summed E-state index contributed by atoms with van der Waals surface area (Å²) in [5.74, 6) is 0.641. The molecule has 3 aromatic heterocycles. The summed E-state index contributed by atoms with van der Waals surface area (Å²) in [6.45, 7) is 0. The van der Waals surface area contributed by atoms with Crippen LogP contribution >= 0.6 is 0 Å². The van der Waals surface area contributed by atoms with Gasteiger partial charge in [0.15, 0.2) is 0 Å². The zero-order chi connectivity index (χ0) is 40.5. The Morgan fingerprint density at radius 2 is 0.871 bits per heavy atom. The molecule has 62 heavy (non-hydrogen) atoms. The van der Waals surface area contributed by atoms with Crippen molar-refractivity contribution in [1.29, 1.82) is 0 Å². The molecule has 0 bridgehead atoms. The first-order valence-electron chi connectivity index (χ1n) is 21.2. The van der Waals surface area contributed by atoms with Gasteiger partial charge in [-0.3, -0.25) is 4.57 Å². The average molecular weight is 787 g/mol. The van der Waals surface area contributed by atoms with Crippen molar-refractivity contribution in [2.24, 2.45) is 0 Å². The molecule has 0 radical (unpaired) electrons. The van der Waals surface area contributed by atoms with Crippen LogP contribution in [0.3, 0.4) is 0 Å². The molecule has 0 spiro atoms. The summed E-state index contributed by atoms with van der Waals surface area (Å²) in [6, 6.07) is 75.0. The molecule has 3 heterocycles. The second-order valence-corrected chi connectivity index (χ2v) is 16.5. The highest BCUT2D eigenvalue weighted by atomic mass is 15.2. The van der Waals surface area contributed by atoms with Crippen molar-refractivity contribution in [1.82, 2.24) is 19.1 Å². The smallest absolute Gasteiger partial charge is 0.235 e. The average Bonchev–Trinajstić information content (AvgIpc) is 3.85. The number of rotatable bonds is 3. The number of hydrogen-bond acceptors (Lipinski definition) is 2. The van der Waals surface area contributed by atoms with E-state index in [1.165, 1.54) is 81.1 Å². The van der Waals surface area contributed by atoms with E-state index >= 15 is 0 Å². The van der Waals surface area contributed by atoms with E-state index in [0.29, 0.717) is 5.95 Å². The summed E-state index contributed by atoms with van der Waals surface area (Å²) < 4.78 is 4.72. The van der Waals surface area contributed by atoms with Gasteiger partial charge in [-0.25, -0.2) is 9.97 Å². The molecule has 0 amide bonds. The van der Waals surface area contributed by atoms with E-state index in [0.717, 1.165) is 44.3 Å². The molecular weight excluding hydrogens is 753 g/mol. The van der Waals surface area contributed by atoms with E-state index in [9.17, 15) is 0 Å². The summed E-state index contributed by atoms with van der Waals surface area (Å²) in [7, 11) is 0. The molecular formula is C58H34N4. The van der Waals surface area contributed by atoms with Crippen molar-refractivity contribution in [3.63, 3.8) is 0 Å². The van der Waals surface area contributed by atoms with Crippen molar-refractivity contribution < 1.29 is 0 Å². The van der Waals surface area contributed by atoms with Gasteiger partial charge >= 0.3 is 0 Å². The van der Waals surface area contributed by atoms with Gasteiger partial charge < -0.3 is 4.57 Å². The minimum atomic E-state index is 0.641. The molecule has 0 saturated carbocycles. The zero-order valence-electron chi connectivity index (χ0n) is 33.4. The third-order valence-electron chi connectivity index (χ3n) is 13.2. The Morgan fingerprint density at radius 1 is 0.290 bits per heavy atom. The number of aromatic nitrogens is 4. The Balaban J connectivity index is 1.07. The number of nitrogens with zero attached hydrogens (tertiary/aromatic N) is 4. The SMILES string of the molecule is c1ccc2cc3c(cc2c1)c1ccc(-n2c4ccccc4c4c5ccccc5ccc42)cc1n3-c1nc(-c2ccc3c4ccccc4c4ccccc4c3c2)c2ccccc2n1. The van der Waals surface area contributed by atoms with E-state index < -0.39 is 0 Å². The van der Waals surface area contributed by atoms with E-state index in [1.807, 2.05) is 0 Å². The van der Waals surface area contributed by atoms with Gasteiger partial charge in [-0.1, -0.05) is 158 Å². The fourth-order valence-electron chi connectivity index (χ4n) is 10.5. The maximum atomic E-state index is 5.61. The second kappa shape index (κ2) is 12.6. The molecule has 14 rings (SSSR count). The van der Waals surface area contributed by atoms with Crippen molar-refractivity contribution in [2.45, 2.75) is 0 Å². The number of para-hydroxylation sites is 2. The molecule has 0 aliphatic rings. The lowest BCUT2D eigenvalue weighted by Gasteiger charge is -2.14. The Bertz CT molecular complexity index is 4190. The lowest BCUT2D eigenvalue weighted by molar-refractivity contribution is 1.01. The van der Waals surface area contributed by atoms with Crippen LogP contribution in [-0.4, -0.2) is 19.1 Å². The maximum absolute atomic E-state index is 5.61. The first kappa shape index (κ1) is 33.5. The lowest BCUT2D eigenvalue weighted by atomic mass is 9.92. The summed E-state index contributed by atoms with van der Waals surface area (Å²) in [6.07, 6.45) is 0. The van der Waals surface area contributed by atoms with Crippen LogP contribution in [0.5, 0.6) is 0 Å². The first-order chi connectivity index (χ1) is 30.7. The topological polar surface area (TPSA) is 35.6 Å². The number of benzene rings is 11. The summed E-state index contributed by atoms with van der Waals surface area (Å²) in [5, 5.41) is 18.2. The predicted octanol–water partition coefficient (Wildman–Crippen LogP) is 15.3. The normalized spacial score (nSPS) is 12.2. The predicted molar refractivity (Wildman–Crippen MR) is 261 cm³/mol. The van der Waals surface area contributed by atoms with Gasteiger partial charge in [0, 0.05) is 38.2 Å². The first-order valence-corrected chi connectivity index (χ1v) is 21.2. The van der Waals surface area contributed by atoms with Crippen molar-refractivity contribution in [3.05, 3.63) is 206 Å². The Kier molecular flexibility index (Phi) is 6.80. The Morgan fingerprint density at radius 3 is 1.65 bits per heavy atom. The lowest BCUT2D eigenvalue weighted by Crippen LogP contribution is -2.04. The molecule has 0 aliphatic carbocycles. The Hall–Kier alpha value is -8.34. The van der Waals surface area contributed by atoms with Gasteiger partial charge in [0.2, 0.25) is 5.95 Å². The van der Waals surface area contributed by atoms with Crippen molar-refractivity contribution in [3.8, 4) is 22.9 Å². The Labute approximate surface area is 355 Å². The van der Waals surface area contributed by atoms with Gasteiger partial charge in [-0.2, -0.15) is 0 Å². The van der Waals surface area contributed by atoms with Gasteiger partial charge in [0.25, 0.3) is 0 Å². The van der Waals surface area contributed by atoms with Crippen LogP contribution in [-0.2, 0) is 0 Å². The molecule has 14 aromatic rings.